The van der Waals surface area contributed by atoms with E-state index < -0.39 is 5.97 Å². The van der Waals surface area contributed by atoms with E-state index in [4.69, 9.17) is 9.26 Å². The Kier molecular flexibility index (Phi) is 7.53. The van der Waals surface area contributed by atoms with Crippen molar-refractivity contribution in [1.82, 2.24) is 10.5 Å². The lowest BCUT2D eigenvalue weighted by Gasteiger charge is -2.07. The summed E-state index contributed by atoms with van der Waals surface area (Å²) in [6, 6.07) is 9.87. The average Bonchev–Trinajstić information content (AvgIpc) is 2.93. The summed E-state index contributed by atoms with van der Waals surface area (Å²) in [5.41, 5.74) is 2.98. The third-order valence-electron chi connectivity index (χ3n) is 3.59. The summed E-state index contributed by atoms with van der Waals surface area (Å²) in [4.78, 5) is 23.4. The van der Waals surface area contributed by atoms with Gasteiger partial charge in [-0.1, -0.05) is 35.5 Å². The lowest BCUT2D eigenvalue weighted by Crippen LogP contribution is -2.30. The van der Waals surface area contributed by atoms with E-state index in [1.807, 2.05) is 44.2 Å². The molecule has 0 saturated heterocycles. The van der Waals surface area contributed by atoms with Crippen LogP contribution in [0.4, 0.5) is 0 Å². The van der Waals surface area contributed by atoms with E-state index in [0.29, 0.717) is 12.3 Å². The number of nitrogens with one attached hydrogen (secondary N) is 1. The van der Waals surface area contributed by atoms with E-state index in [2.05, 4.69) is 10.5 Å². The molecule has 0 fully saturated rings. The molecule has 25 heavy (non-hydrogen) atoms. The van der Waals surface area contributed by atoms with Crippen molar-refractivity contribution in [3.63, 3.8) is 0 Å². The van der Waals surface area contributed by atoms with Gasteiger partial charge in [-0.25, -0.2) is 0 Å². The van der Waals surface area contributed by atoms with Gasteiger partial charge in [-0.05, 0) is 25.8 Å². The lowest BCUT2D eigenvalue weighted by atomic mass is 10.1. The maximum absolute atomic E-state index is 11.7. The van der Waals surface area contributed by atoms with Crippen LogP contribution >= 0.6 is 11.8 Å². The molecule has 6 nitrogen and oxygen atoms in total. The highest BCUT2D eigenvalue weighted by atomic mass is 32.2. The van der Waals surface area contributed by atoms with Gasteiger partial charge in [-0.15, -0.1) is 11.8 Å². The molecule has 134 valence electrons. The largest absolute Gasteiger partial charge is 0.455 e. The van der Waals surface area contributed by atoms with Crippen molar-refractivity contribution in [3.05, 3.63) is 52.9 Å². The Morgan fingerprint density at radius 3 is 2.68 bits per heavy atom. The number of esters is 1. The Hall–Kier alpha value is -2.28. The van der Waals surface area contributed by atoms with Crippen LogP contribution in [-0.2, 0) is 26.5 Å². The van der Waals surface area contributed by atoms with E-state index in [1.54, 1.807) is 0 Å². The molecule has 1 amide bonds. The molecule has 1 aromatic carbocycles. The molecular formula is C18H22N2O4S. The summed E-state index contributed by atoms with van der Waals surface area (Å²) in [5.74, 6) is 0.868. The van der Waals surface area contributed by atoms with E-state index in [9.17, 15) is 9.59 Å². The molecule has 0 spiro atoms. The van der Waals surface area contributed by atoms with Gasteiger partial charge in [0.1, 0.15) is 5.76 Å². The number of rotatable bonds is 9. The van der Waals surface area contributed by atoms with Crippen LogP contribution < -0.4 is 5.32 Å². The molecule has 0 radical (unpaired) electrons. The Balaban J connectivity index is 1.57. The molecule has 1 aromatic heterocycles. The lowest BCUT2D eigenvalue weighted by molar-refractivity contribution is -0.145. The number of hydrogen-bond donors (Lipinski definition) is 1. The van der Waals surface area contributed by atoms with Crippen LogP contribution in [0.3, 0.4) is 0 Å². The van der Waals surface area contributed by atoms with Gasteiger partial charge >= 0.3 is 5.97 Å². The van der Waals surface area contributed by atoms with Crippen molar-refractivity contribution in [1.29, 1.82) is 0 Å². The average molecular weight is 362 g/mol. The minimum Gasteiger partial charge on any atom is -0.455 e. The minimum atomic E-state index is -0.407. The van der Waals surface area contributed by atoms with Gasteiger partial charge in [0.15, 0.2) is 6.61 Å². The predicted molar refractivity (Wildman–Crippen MR) is 96.3 cm³/mol. The molecule has 2 aromatic rings. The fourth-order valence-electron chi connectivity index (χ4n) is 2.17. The summed E-state index contributed by atoms with van der Waals surface area (Å²) < 4.78 is 10.0. The molecule has 0 bridgehead atoms. The number of aromatic nitrogens is 1. The third-order valence-corrected chi connectivity index (χ3v) is 4.52. The highest BCUT2D eigenvalue weighted by Gasteiger charge is 2.11. The van der Waals surface area contributed by atoms with Crippen molar-refractivity contribution in [3.8, 4) is 0 Å². The summed E-state index contributed by atoms with van der Waals surface area (Å²) in [6.07, 6.45) is 0.744. The topological polar surface area (TPSA) is 81.4 Å². The number of ether oxygens (including phenoxy) is 1. The molecular weight excluding hydrogens is 340 g/mol. The Labute approximate surface area is 151 Å². The number of hydrogen-bond acceptors (Lipinski definition) is 6. The monoisotopic (exact) mass is 362 g/mol. The first kappa shape index (κ1) is 19.1. The van der Waals surface area contributed by atoms with Crippen molar-refractivity contribution in [2.75, 3.05) is 18.9 Å². The first-order valence-electron chi connectivity index (χ1n) is 8.02. The molecule has 1 heterocycles. The number of nitrogens with zero attached hydrogens (tertiary/aromatic N) is 1. The number of carbonyl (C=O) groups excluding carboxylic acids is 2. The molecule has 0 atom stereocenters. The smallest absolute Gasteiger partial charge is 0.316 e. The summed E-state index contributed by atoms with van der Waals surface area (Å²) in [6.45, 7) is 3.97. The molecule has 0 unspecified atom stereocenters. The van der Waals surface area contributed by atoms with Crippen LogP contribution in [0.2, 0.25) is 0 Å². The maximum Gasteiger partial charge on any atom is 0.316 e. The second-order valence-electron chi connectivity index (χ2n) is 5.54. The summed E-state index contributed by atoms with van der Waals surface area (Å²) in [5, 5.41) is 6.60. The second-order valence-corrected chi connectivity index (χ2v) is 6.53. The number of amides is 1. The number of benzene rings is 1. The molecule has 1 N–H and O–H groups in total. The zero-order valence-corrected chi connectivity index (χ0v) is 15.2. The highest BCUT2D eigenvalue weighted by molar-refractivity contribution is 7.99. The van der Waals surface area contributed by atoms with Crippen LogP contribution in [0.15, 0.2) is 34.9 Å². The van der Waals surface area contributed by atoms with Crippen LogP contribution in [0, 0.1) is 13.8 Å². The molecule has 0 saturated carbocycles. The van der Waals surface area contributed by atoms with E-state index in [1.165, 1.54) is 11.8 Å². The SMILES string of the molecule is Cc1noc(C)c1CSCC(=O)OCC(=O)NCCc1ccccc1. The first-order chi connectivity index (χ1) is 12.1. The molecule has 0 aliphatic rings. The third kappa shape index (κ3) is 6.62. The van der Waals surface area contributed by atoms with Gasteiger partial charge in [-0.3, -0.25) is 9.59 Å². The van der Waals surface area contributed by atoms with Crippen LogP contribution in [0.1, 0.15) is 22.6 Å². The molecule has 2 rings (SSSR count). The fraction of sp³-hybridized carbons (Fsp3) is 0.389. The van der Waals surface area contributed by atoms with Crippen LogP contribution in [0.25, 0.3) is 0 Å². The normalized spacial score (nSPS) is 10.5. The Bertz CT molecular complexity index is 681. The van der Waals surface area contributed by atoms with Crippen molar-refractivity contribution in [2.45, 2.75) is 26.0 Å². The van der Waals surface area contributed by atoms with E-state index in [0.717, 1.165) is 29.0 Å². The molecule has 0 aliphatic carbocycles. The zero-order valence-electron chi connectivity index (χ0n) is 14.4. The summed E-state index contributed by atoms with van der Waals surface area (Å²) in [7, 11) is 0. The van der Waals surface area contributed by atoms with Crippen molar-refractivity contribution < 1.29 is 18.8 Å². The number of thioether (sulfide) groups is 1. The van der Waals surface area contributed by atoms with Gasteiger partial charge in [0.2, 0.25) is 0 Å². The Morgan fingerprint density at radius 2 is 2.00 bits per heavy atom. The van der Waals surface area contributed by atoms with E-state index in [-0.39, 0.29) is 18.3 Å². The van der Waals surface area contributed by atoms with Gasteiger partial charge in [0.05, 0.1) is 11.4 Å². The molecule has 7 heteroatoms. The van der Waals surface area contributed by atoms with Gasteiger partial charge in [-0.2, -0.15) is 0 Å². The van der Waals surface area contributed by atoms with Crippen molar-refractivity contribution >= 4 is 23.6 Å². The predicted octanol–water partition coefficient (Wildman–Crippen LogP) is 2.43. The van der Waals surface area contributed by atoms with Gasteiger partial charge in [0, 0.05) is 17.9 Å². The van der Waals surface area contributed by atoms with Crippen LogP contribution in [0.5, 0.6) is 0 Å². The summed E-state index contributed by atoms with van der Waals surface area (Å²) >= 11 is 1.41. The maximum atomic E-state index is 11.7. The van der Waals surface area contributed by atoms with Gasteiger partial charge in [0.25, 0.3) is 5.91 Å². The zero-order chi connectivity index (χ0) is 18.1. The highest BCUT2D eigenvalue weighted by Crippen LogP contribution is 2.19. The fourth-order valence-corrected chi connectivity index (χ4v) is 3.14. The molecule has 0 aliphatic heterocycles. The Morgan fingerprint density at radius 1 is 1.24 bits per heavy atom. The quantitative estimate of drug-likeness (QED) is 0.690. The minimum absolute atomic E-state index is 0.182. The second kappa shape index (κ2) is 9.88. The number of carbonyl (C=O) groups is 2. The first-order valence-corrected chi connectivity index (χ1v) is 9.17. The van der Waals surface area contributed by atoms with E-state index >= 15 is 0 Å². The standard InChI is InChI=1S/C18H22N2O4S/c1-13-16(14(2)24-20-13)11-25-12-18(22)23-10-17(21)19-9-8-15-6-4-3-5-7-15/h3-7H,8-12H2,1-2H3,(H,19,21). The van der Waals surface area contributed by atoms with Crippen LogP contribution in [-0.4, -0.2) is 35.9 Å². The van der Waals surface area contributed by atoms with Crippen molar-refractivity contribution in [2.24, 2.45) is 0 Å². The van der Waals surface area contributed by atoms with Gasteiger partial charge < -0.3 is 14.6 Å². The number of aryl methyl sites for hydroxylation is 2.